The average Bonchev–Trinajstić information content (AvgIpc) is 2.25. The summed E-state index contributed by atoms with van der Waals surface area (Å²) < 4.78 is 24.8. The van der Waals surface area contributed by atoms with Gasteiger partial charge in [-0.05, 0) is 26.0 Å². The molecule has 0 aliphatic heterocycles. The Balaban J connectivity index is 2.93. The van der Waals surface area contributed by atoms with E-state index in [0.717, 1.165) is 16.0 Å². The number of halogens is 2. The highest BCUT2D eigenvalue weighted by molar-refractivity contribution is 5.94. The molecule has 0 unspecified atom stereocenters. The molecular formula is C13H18F2N2O. The molecule has 0 heterocycles. The van der Waals surface area contributed by atoms with Crippen molar-refractivity contribution in [2.24, 2.45) is 5.73 Å². The van der Waals surface area contributed by atoms with E-state index in [0.29, 0.717) is 5.56 Å². The zero-order chi connectivity index (χ0) is 13.7. The molecule has 0 saturated carbocycles. The lowest BCUT2D eigenvalue weighted by Gasteiger charge is -2.22. The Morgan fingerprint density at radius 3 is 2.28 bits per heavy atom. The van der Waals surface area contributed by atoms with Crippen molar-refractivity contribution in [1.82, 2.24) is 4.90 Å². The van der Waals surface area contributed by atoms with Crippen molar-refractivity contribution in [2.45, 2.75) is 20.3 Å². The van der Waals surface area contributed by atoms with Gasteiger partial charge in [0.15, 0.2) is 0 Å². The third-order valence-corrected chi connectivity index (χ3v) is 2.51. The molecule has 1 amide bonds. The van der Waals surface area contributed by atoms with Crippen LogP contribution in [0.15, 0.2) is 18.2 Å². The molecule has 0 radical (unpaired) electrons. The van der Waals surface area contributed by atoms with Crippen molar-refractivity contribution in [3.05, 3.63) is 34.9 Å². The predicted octanol–water partition coefficient (Wildman–Crippen LogP) is 1.97. The van der Waals surface area contributed by atoms with Crippen LogP contribution in [0.2, 0.25) is 0 Å². The molecular weight excluding hydrogens is 238 g/mol. The number of carbonyl (C=O) groups excluding carboxylic acids is 1. The summed E-state index contributed by atoms with van der Waals surface area (Å²) in [6.07, 6.45) is -2.55. The number of nitrogens with zero attached hydrogens (tertiary/aromatic N) is 1. The maximum atomic E-state index is 12.4. The third kappa shape index (κ3) is 4.07. The Labute approximate surface area is 106 Å². The van der Waals surface area contributed by atoms with E-state index in [-0.39, 0.29) is 13.1 Å². The highest BCUT2D eigenvalue weighted by atomic mass is 19.3. The Kier molecular flexibility index (Phi) is 5.22. The molecule has 0 aromatic heterocycles. The fourth-order valence-corrected chi connectivity index (χ4v) is 1.88. The van der Waals surface area contributed by atoms with E-state index in [9.17, 15) is 13.6 Å². The smallest absolute Gasteiger partial charge is 0.255 e. The largest absolute Gasteiger partial charge is 0.332 e. The van der Waals surface area contributed by atoms with Gasteiger partial charge in [0, 0.05) is 18.7 Å². The summed E-state index contributed by atoms with van der Waals surface area (Å²) in [6, 6.07) is 5.33. The molecule has 0 aliphatic rings. The Morgan fingerprint density at radius 1 is 1.28 bits per heavy atom. The zero-order valence-electron chi connectivity index (χ0n) is 10.6. The van der Waals surface area contributed by atoms with Crippen molar-refractivity contribution in [3.63, 3.8) is 0 Å². The molecule has 1 aromatic carbocycles. The zero-order valence-corrected chi connectivity index (χ0v) is 10.6. The second-order valence-corrected chi connectivity index (χ2v) is 4.31. The molecule has 18 heavy (non-hydrogen) atoms. The van der Waals surface area contributed by atoms with E-state index in [1.54, 1.807) is 12.1 Å². The minimum absolute atomic E-state index is 0.135. The summed E-state index contributed by atoms with van der Waals surface area (Å²) in [7, 11) is 0. The molecule has 0 fully saturated rings. The Hall–Kier alpha value is -1.49. The molecule has 2 N–H and O–H groups in total. The standard InChI is InChI=1S/C13H18F2N2O/c1-9-5-10(2)7-11(6-9)13(18)17(4-3-16)8-12(14)15/h5-7,12H,3-4,8,16H2,1-2H3. The van der Waals surface area contributed by atoms with Crippen LogP contribution in [0.4, 0.5) is 8.78 Å². The van der Waals surface area contributed by atoms with Gasteiger partial charge in [-0.25, -0.2) is 8.78 Å². The predicted molar refractivity (Wildman–Crippen MR) is 66.9 cm³/mol. The van der Waals surface area contributed by atoms with Gasteiger partial charge in [0.05, 0.1) is 6.54 Å². The van der Waals surface area contributed by atoms with E-state index in [1.165, 1.54) is 0 Å². The van der Waals surface area contributed by atoms with Crippen LogP contribution in [0, 0.1) is 13.8 Å². The second-order valence-electron chi connectivity index (χ2n) is 4.31. The third-order valence-electron chi connectivity index (χ3n) is 2.51. The lowest BCUT2D eigenvalue weighted by molar-refractivity contribution is 0.0563. The molecule has 1 rings (SSSR count). The van der Waals surface area contributed by atoms with Crippen LogP contribution in [-0.4, -0.2) is 36.9 Å². The van der Waals surface area contributed by atoms with E-state index in [4.69, 9.17) is 5.73 Å². The van der Waals surface area contributed by atoms with Crippen molar-refractivity contribution in [1.29, 1.82) is 0 Å². The molecule has 0 aliphatic carbocycles. The maximum absolute atomic E-state index is 12.4. The first-order chi connectivity index (χ1) is 8.43. The molecule has 3 nitrogen and oxygen atoms in total. The topological polar surface area (TPSA) is 46.3 Å². The minimum Gasteiger partial charge on any atom is -0.332 e. The summed E-state index contributed by atoms with van der Waals surface area (Å²) in [6.45, 7) is 3.46. The van der Waals surface area contributed by atoms with Crippen LogP contribution in [0.1, 0.15) is 21.5 Å². The molecule has 0 saturated heterocycles. The highest BCUT2D eigenvalue weighted by Gasteiger charge is 2.19. The van der Waals surface area contributed by atoms with Gasteiger partial charge in [0.2, 0.25) is 0 Å². The fraction of sp³-hybridized carbons (Fsp3) is 0.462. The van der Waals surface area contributed by atoms with E-state index in [1.807, 2.05) is 19.9 Å². The van der Waals surface area contributed by atoms with Crippen LogP contribution in [0.3, 0.4) is 0 Å². The first kappa shape index (κ1) is 14.6. The minimum atomic E-state index is -2.55. The van der Waals surface area contributed by atoms with Crippen molar-refractivity contribution >= 4 is 5.91 Å². The number of carbonyl (C=O) groups is 1. The second kappa shape index (κ2) is 6.44. The maximum Gasteiger partial charge on any atom is 0.255 e. The van der Waals surface area contributed by atoms with Gasteiger partial charge in [-0.2, -0.15) is 0 Å². The summed E-state index contributed by atoms with van der Waals surface area (Å²) in [5.74, 6) is -0.396. The average molecular weight is 256 g/mol. The Morgan fingerprint density at radius 2 is 1.83 bits per heavy atom. The van der Waals surface area contributed by atoms with E-state index < -0.39 is 18.9 Å². The van der Waals surface area contributed by atoms with Crippen LogP contribution < -0.4 is 5.73 Å². The summed E-state index contributed by atoms with van der Waals surface area (Å²) >= 11 is 0. The normalized spacial score (nSPS) is 10.8. The van der Waals surface area contributed by atoms with Crippen LogP contribution >= 0.6 is 0 Å². The van der Waals surface area contributed by atoms with Crippen molar-refractivity contribution in [3.8, 4) is 0 Å². The van der Waals surface area contributed by atoms with Gasteiger partial charge >= 0.3 is 0 Å². The Bertz CT molecular complexity index is 401. The quantitative estimate of drug-likeness (QED) is 0.875. The summed E-state index contributed by atoms with van der Waals surface area (Å²) in [5.41, 5.74) is 7.64. The number of rotatable bonds is 5. The lowest BCUT2D eigenvalue weighted by atomic mass is 10.1. The number of benzene rings is 1. The SMILES string of the molecule is Cc1cc(C)cc(C(=O)N(CCN)CC(F)F)c1. The first-order valence-electron chi connectivity index (χ1n) is 5.80. The lowest BCUT2D eigenvalue weighted by Crippen LogP contribution is -2.38. The molecule has 0 atom stereocenters. The number of nitrogens with two attached hydrogens (primary N) is 1. The van der Waals surface area contributed by atoms with Gasteiger partial charge in [0.1, 0.15) is 0 Å². The van der Waals surface area contributed by atoms with Crippen LogP contribution in [0.25, 0.3) is 0 Å². The van der Waals surface area contributed by atoms with Gasteiger partial charge in [-0.3, -0.25) is 4.79 Å². The number of hydrogen-bond acceptors (Lipinski definition) is 2. The molecule has 0 bridgehead atoms. The molecule has 100 valence electrons. The van der Waals surface area contributed by atoms with Gasteiger partial charge in [0.25, 0.3) is 12.3 Å². The van der Waals surface area contributed by atoms with Gasteiger partial charge in [-0.15, -0.1) is 0 Å². The van der Waals surface area contributed by atoms with Crippen molar-refractivity contribution < 1.29 is 13.6 Å². The van der Waals surface area contributed by atoms with Gasteiger partial charge in [-0.1, -0.05) is 17.2 Å². The number of alkyl halides is 2. The van der Waals surface area contributed by atoms with E-state index in [2.05, 4.69) is 0 Å². The monoisotopic (exact) mass is 256 g/mol. The van der Waals surface area contributed by atoms with E-state index >= 15 is 0 Å². The van der Waals surface area contributed by atoms with Crippen LogP contribution in [0.5, 0.6) is 0 Å². The summed E-state index contributed by atoms with van der Waals surface area (Å²) in [4.78, 5) is 13.2. The number of amides is 1. The molecule has 1 aromatic rings. The summed E-state index contributed by atoms with van der Waals surface area (Å²) in [5, 5.41) is 0. The first-order valence-corrected chi connectivity index (χ1v) is 5.80. The van der Waals surface area contributed by atoms with Gasteiger partial charge < -0.3 is 10.6 Å². The molecule has 5 heteroatoms. The van der Waals surface area contributed by atoms with Crippen LogP contribution in [-0.2, 0) is 0 Å². The molecule has 0 spiro atoms. The number of aryl methyl sites for hydroxylation is 2. The number of hydrogen-bond donors (Lipinski definition) is 1. The fourth-order valence-electron chi connectivity index (χ4n) is 1.88. The van der Waals surface area contributed by atoms with Crippen molar-refractivity contribution in [2.75, 3.05) is 19.6 Å². The highest BCUT2D eigenvalue weighted by Crippen LogP contribution is 2.12.